The van der Waals surface area contributed by atoms with Gasteiger partial charge in [-0.15, -0.1) is 0 Å². The largest absolute Gasteiger partial charge is 0.497 e. The third-order valence-corrected chi connectivity index (χ3v) is 3.83. The summed E-state index contributed by atoms with van der Waals surface area (Å²) in [6.45, 7) is 2.11. The lowest BCUT2D eigenvalue weighted by Crippen LogP contribution is -2.14. The van der Waals surface area contributed by atoms with Crippen LogP contribution in [-0.2, 0) is 6.42 Å². The Morgan fingerprint density at radius 3 is 2.62 bits per heavy atom. The molecule has 0 atom stereocenters. The van der Waals surface area contributed by atoms with Crippen molar-refractivity contribution in [1.29, 1.82) is 0 Å². The first-order valence-corrected chi connectivity index (χ1v) is 8.32. The first kappa shape index (κ1) is 17.4. The average Bonchev–Trinajstić information content (AvgIpc) is 2.69. The molecule has 0 aliphatic heterocycles. The topological polar surface area (TPSA) is 76.1 Å². The Hall–Kier alpha value is -3.41. The summed E-state index contributed by atoms with van der Waals surface area (Å²) in [5.74, 6) is 0.723. The van der Waals surface area contributed by atoms with Gasteiger partial charge in [0.15, 0.2) is 0 Å². The van der Waals surface area contributed by atoms with Crippen LogP contribution in [0, 0.1) is 0 Å². The molecule has 1 amide bonds. The van der Waals surface area contributed by atoms with Crippen LogP contribution in [0.3, 0.4) is 0 Å². The first-order chi connectivity index (χ1) is 12.7. The predicted molar refractivity (Wildman–Crippen MR) is 102 cm³/mol. The summed E-state index contributed by atoms with van der Waals surface area (Å²) in [5.41, 5.74) is 3.03. The number of nitrogens with zero attached hydrogens (tertiary/aromatic N) is 2. The van der Waals surface area contributed by atoms with Gasteiger partial charge < -0.3 is 15.4 Å². The Bertz CT molecular complexity index is 894. The van der Waals surface area contributed by atoms with Crippen LogP contribution < -0.4 is 15.4 Å². The molecule has 3 rings (SSSR count). The minimum absolute atomic E-state index is 0.274. The molecule has 0 radical (unpaired) electrons. The van der Waals surface area contributed by atoms with E-state index < -0.39 is 0 Å². The maximum absolute atomic E-state index is 12.4. The van der Waals surface area contributed by atoms with Crippen molar-refractivity contribution in [3.05, 3.63) is 72.1 Å². The SMILES string of the molecule is CCc1ccc(Nc2nccc(C(=O)Nc3cccc(OC)c3)n2)cc1. The summed E-state index contributed by atoms with van der Waals surface area (Å²) in [5, 5.41) is 5.91. The van der Waals surface area contributed by atoms with Gasteiger partial charge in [-0.2, -0.15) is 0 Å². The second-order valence-electron chi connectivity index (χ2n) is 5.63. The number of rotatable bonds is 6. The van der Waals surface area contributed by atoms with Crippen LogP contribution in [0.5, 0.6) is 5.75 Å². The number of amides is 1. The van der Waals surface area contributed by atoms with E-state index in [-0.39, 0.29) is 11.6 Å². The lowest BCUT2D eigenvalue weighted by Gasteiger charge is -2.08. The zero-order chi connectivity index (χ0) is 18.4. The number of carbonyl (C=O) groups is 1. The van der Waals surface area contributed by atoms with E-state index in [1.54, 1.807) is 37.6 Å². The van der Waals surface area contributed by atoms with E-state index in [2.05, 4.69) is 27.5 Å². The summed E-state index contributed by atoms with van der Waals surface area (Å²) in [4.78, 5) is 20.9. The molecule has 2 N–H and O–H groups in total. The molecule has 0 saturated heterocycles. The Balaban J connectivity index is 1.72. The summed E-state index contributed by atoms with van der Waals surface area (Å²) >= 11 is 0. The Morgan fingerprint density at radius 2 is 1.88 bits per heavy atom. The monoisotopic (exact) mass is 348 g/mol. The maximum Gasteiger partial charge on any atom is 0.274 e. The first-order valence-electron chi connectivity index (χ1n) is 8.32. The summed E-state index contributed by atoms with van der Waals surface area (Å²) in [6, 6.07) is 16.7. The lowest BCUT2D eigenvalue weighted by atomic mass is 10.1. The fraction of sp³-hybridized carbons (Fsp3) is 0.150. The quantitative estimate of drug-likeness (QED) is 0.703. The molecule has 0 fully saturated rings. The van der Waals surface area contributed by atoms with Gasteiger partial charge in [0, 0.05) is 23.6 Å². The van der Waals surface area contributed by atoms with Gasteiger partial charge in [0.25, 0.3) is 5.91 Å². The minimum atomic E-state index is -0.315. The fourth-order valence-electron chi connectivity index (χ4n) is 2.39. The standard InChI is InChI=1S/C20H20N4O2/c1-3-14-7-9-15(10-8-14)23-20-21-12-11-18(24-20)19(25)22-16-5-4-6-17(13-16)26-2/h4-13H,3H2,1-2H3,(H,22,25)(H,21,23,24). The van der Waals surface area contributed by atoms with E-state index in [0.29, 0.717) is 17.4 Å². The number of carbonyl (C=O) groups excluding carboxylic acids is 1. The van der Waals surface area contributed by atoms with Gasteiger partial charge in [-0.1, -0.05) is 25.1 Å². The fourth-order valence-corrected chi connectivity index (χ4v) is 2.39. The molecule has 2 aromatic carbocycles. The number of hydrogen-bond donors (Lipinski definition) is 2. The number of benzene rings is 2. The van der Waals surface area contributed by atoms with Crippen LogP contribution in [-0.4, -0.2) is 23.0 Å². The van der Waals surface area contributed by atoms with Gasteiger partial charge in [-0.25, -0.2) is 9.97 Å². The molecule has 6 nitrogen and oxygen atoms in total. The molecule has 0 aliphatic carbocycles. The van der Waals surface area contributed by atoms with Crippen molar-refractivity contribution >= 4 is 23.2 Å². The third kappa shape index (κ3) is 4.36. The molecule has 26 heavy (non-hydrogen) atoms. The summed E-state index contributed by atoms with van der Waals surface area (Å²) in [6.07, 6.45) is 2.53. The number of nitrogens with one attached hydrogen (secondary N) is 2. The van der Waals surface area contributed by atoms with E-state index in [1.807, 2.05) is 30.3 Å². The van der Waals surface area contributed by atoms with E-state index in [0.717, 1.165) is 12.1 Å². The molecule has 1 aromatic heterocycles. The summed E-state index contributed by atoms with van der Waals surface area (Å²) < 4.78 is 5.16. The highest BCUT2D eigenvalue weighted by Gasteiger charge is 2.10. The van der Waals surface area contributed by atoms with Crippen molar-refractivity contribution in [1.82, 2.24) is 9.97 Å². The Morgan fingerprint density at radius 1 is 1.08 bits per heavy atom. The van der Waals surface area contributed by atoms with E-state index in [9.17, 15) is 4.79 Å². The van der Waals surface area contributed by atoms with Crippen molar-refractivity contribution in [2.24, 2.45) is 0 Å². The second kappa shape index (κ2) is 8.11. The van der Waals surface area contributed by atoms with Crippen LogP contribution in [0.4, 0.5) is 17.3 Å². The van der Waals surface area contributed by atoms with Crippen LogP contribution in [0.15, 0.2) is 60.8 Å². The molecule has 0 saturated carbocycles. The zero-order valence-corrected chi connectivity index (χ0v) is 14.7. The van der Waals surface area contributed by atoms with E-state index in [1.165, 1.54) is 5.56 Å². The number of hydrogen-bond acceptors (Lipinski definition) is 5. The van der Waals surface area contributed by atoms with Crippen molar-refractivity contribution in [3.8, 4) is 5.75 Å². The zero-order valence-electron chi connectivity index (χ0n) is 14.7. The average molecular weight is 348 g/mol. The smallest absolute Gasteiger partial charge is 0.274 e. The number of ether oxygens (including phenoxy) is 1. The van der Waals surface area contributed by atoms with Crippen LogP contribution in [0.25, 0.3) is 0 Å². The van der Waals surface area contributed by atoms with E-state index in [4.69, 9.17) is 4.74 Å². The van der Waals surface area contributed by atoms with Gasteiger partial charge in [0.2, 0.25) is 5.95 Å². The minimum Gasteiger partial charge on any atom is -0.497 e. The molecule has 6 heteroatoms. The molecule has 0 aliphatic rings. The van der Waals surface area contributed by atoms with Crippen LogP contribution >= 0.6 is 0 Å². The Labute approximate surface area is 152 Å². The molecule has 0 bridgehead atoms. The van der Waals surface area contributed by atoms with Crippen LogP contribution in [0.1, 0.15) is 23.0 Å². The predicted octanol–water partition coefficient (Wildman–Crippen LogP) is 4.04. The highest BCUT2D eigenvalue weighted by molar-refractivity contribution is 6.03. The van der Waals surface area contributed by atoms with Crippen molar-refractivity contribution < 1.29 is 9.53 Å². The molecule has 0 spiro atoms. The van der Waals surface area contributed by atoms with Gasteiger partial charge in [0.1, 0.15) is 11.4 Å². The highest BCUT2D eigenvalue weighted by atomic mass is 16.5. The normalized spacial score (nSPS) is 10.2. The van der Waals surface area contributed by atoms with Gasteiger partial charge in [-0.3, -0.25) is 4.79 Å². The Kier molecular flexibility index (Phi) is 5.43. The molecular formula is C20H20N4O2. The maximum atomic E-state index is 12.4. The van der Waals surface area contributed by atoms with Crippen molar-refractivity contribution in [2.75, 3.05) is 17.7 Å². The number of methoxy groups -OCH3 is 1. The van der Waals surface area contributed by atoms with Crippen molar-refractivity contribution in [3.63, 3.8) is 0 Å². The molecular weight excluding hydrogens is 328 g/mol. The molecule has 132 valence electrons. The third-order valence-electron chi connectivity index (χ3n) is 3.83. The van der Waals surface area contributed by atoms with Crippen LogP contribution in [0.2, 0.25) is 0 Å². The molecule has 1 heterocycles. The summed E-state index contributed by atoms with van der Waals surface area (Å²) in [7, 11) is 1.58. The van der Waals surface area contributed by atoms with Gasteiger partial charge in [0.05, 0.1) is 7.11 Å². The van der Waals surface area contributed by atoms with Crippen molar-refractivity contribution in [2.45, 2.75) is 13.3 Å². The van der Waals surface area contributed by atoms with Gasteiger partial charge in [-0.05, 0) is 42.3 Å². The highest BCUT2D eigenvalue weighted by Crippen LogP contribution is 2.18. The second-order valence-corrected chi connectivity index (χ2v) is 5.63. The lowest BCUT2D eigenvalue weighted by molar-refractivity contribution is 0.102. The number of aryl methyl sites for hydroxylation is 1. The number of anilines is 3. The number of aromatic nitrogens is 2. The van der Waals surface area contributed by atoms with Gasteiger partial charge >= 0.3 is 0 Å². The molecule has 3 aromatic rings. The molecule has 0 unspecified atom stereocenters. The van der Waals surface area contributed by atoms with E-state index >= 15 is 0 Å².